The number of ether oxygens (including phenoxy) is 2. The third-order valence-electron chi connectivity index (χ3n) is 3.61. The summed E-state index contributed by atoms with van der Waals surface area (Å²) in [4.78, 5) is 15.7. The molecule has 0 amide bonds. The molecule has 0 spiro atoms. The number of esters is 1. The summed E-state index contributed by atoms with van der Waals surface area (Å²) in [6.07, 6.45) is 2.46. The summed E-state index contributed by atoms with van der Waals surface area (Å²) in [5, 5.41) is 6.32. The largest absolute Gasteiger partial charge is 0.467 e. The number of aryl methyl sites for hydroxylation is 1. The third kappa shape index (κ3) is 5.96. The highest BCUT2D eigenvalue weighted by Gasteiger charge is 2.15. The Morgan fingerprint density at radius 3 is 2.85 bits per heavy atom. The highest BCUT2D eigenvalue weighted by molar-refractivity contribution is 5.90. The molecule has 142 valence electrons. The van der Waals surface area contributed by atoms with Gasteiger partial charge in [0.2, 0.25) is 0 Å². The number of hydrogen-bond donors (Lipinski definition) is 2. The number of aliphatic imine (C=N–C) groups is 1. The number of rotatable bonds is 9. The van der Waals surface area contributed by atoms with Crippen LogP contribution in [-0.4, -0.2) is 39.2 Å². The molecule has 2 heterocycles. The lowest BCUT2D eigenvalue weighted by Gasteiger charge is -2.10. The van der Waals surface area contributed by atoms with Crippen molar-refractivity contribution in [3.05, 3.63) is 47.3 Å². The molecule has 0 aromatic carbocycles. The van der Waals surface area contributed by atoms with Crippen molar-refractivity contribution in [1.82, 2.24) is 10.6 Å². The minimum Gasteiger partial charge on any atom is -0.467 e. The second-order valence-electron chi connectivity index (χ2n) is 5.51. The Morgan fingerprint density at radius 1 is 1.31 bits per heavy atom. The van der Waals surface area contributed by atoms with E-state index >= 15 is 0 Å². The van der Waals surface area contributed by atoms with Gasteiger partial charge in [0, 0.05) is 20.2 Å². The number of furan rings is 2. The highest BCUT2D eigenvalue weighted by Crippen LogP contribution is 2.15. The Labute approximate surface area is 152 Å². The molecule has 0 saturated heterocycles. The van der Waals surface area contributed by atoms with Gasteiger partial charge in [-0.2, -0.15) is 0 Å². The van der Waals surface area contributed by atoms with Gasteiger partial charge in [0.05, 0.1) is 19.9 Å². The van der Waals surface area contributed by atoms with Crippen molar-refractivity contribution in [2.24, 2.45) is 4.99 Å². The minimum atomic E-state index is -0.408. The third-order valence-corrected chi connectivity index (χ3v) is 3.61. The summed E-state index contributed by atoms with van der Waals surface area (Å²) >= 11 is 0. The molecule has 0 aliphatic rings. The van der Waals surface area contributed by atoms with Crippen LogP contribution in [0.1, 0.15) is 34.1 Å². The van der Waals surface area contributed by atoms with Crippen LogP contribution in [0.25, 0.3) is 0 Å². The van der Waals surface area contributed by atoms with Crippen LogP contribution in [0.15, 0.2) is 38.3 Å². The van der Waals surface area contributed by atoms with Gasteiger partial charge in [-0.3, -0.25) is 4.99 Å². The first-order valence-electron chi connectivity index (χ1n) is 8.36. The zero-order chi connectivity index (χ0) is 18.8. The van der Waals surface area contributed by atoms with Crippen LogP contribution < -0.4 is 10.6 Å². The fourth-order valence-electron chi connectivity index (χ4n) is 2.28. The number of methoxy groups -OCH3 is 1. The molecule has 0 aliphatic carbocycles. The molecule has 2 rings (SSSR count). The molecular weight excluding hydrogens is 338 g/mol. The number of hydrogen-bond acceptors (Lipinski definition) is 6. The van der Waals surface area contributed by atoms with Gasteiger partial charge < -0.3 is 28.9 Å². The maximum absolute atomic E-state index is 11.6. The lowest BCUT2D eigenvalue weighted by molar-refractivity contribution is 0.0599. The Bertz CT molecular complexity index is 706. The standard InChI is InChI=1S/C18H25N3O5/c1-13-16(17(22)23-3)10-15(26-13)11-21-18(19-2)20-7-5-8-24-12-14-6-4-9-25-14/h4,6,9-10H,5,7-8,11-12H2,1-3H3,(H2,19,20,21). The molecule has 2 aromatic heterocycles. The predicted octanol–water partition coefficient (Wildman–Crippen LogP) is 2.24. The summed E-state index contributed by atoms with van der Waals surface area (Å²) in [5.41, 5.74) is 0.431. The smallest absolute Gasteiger partial charge is 0.341 e. The van der Waals surface area contributed by atoms with E-state index in [0.717, 1.165) is 12.2 Å². The summed E-state index contributed by atoms with van der Waals surface area (Å²) < 4.78 is 21.0. The van der Waals surface area contributed by atoms with E-state index < -0.39 is 5.97 Å². The van der Waals surface area contributed by atoms with Crippen LogP contribution in [0.3, 0.4) is 0 Å². The molecule has 2 N–H and O–H groups in total. The van der Waals surface area contributed by atoms with E-state index in [9.17, 15) is 4.79 Å². The molecule has 8 nitrogen and oxygen atoms in total. The van der Waals surface area contributed by atoms with Crippen molar-refractivity contribution in [1.29, 1.82) is 0 Å². The summed E-state index contributed by atoms with van der Waals surface area (Å²) in [6.45, 7) is 3.94. The maximum atomic E-state index is 11.6. The van der Waals surface area contributed by atoms with E-state index in [0.29, 0.717) is 49.3 Å². The molecule has 2 aromatic rings. The predicted molar refractivity (Wildman–Crippen MR) is 96.0 cm³/mol. The lowest BCUT2D eigenvalue weighted by atomic mass is 10.2. The molecule has 0 bridgehead atoms. The van der Waals surface area contributed by atoms with Gasteiger partial charge in [-0.15, -0.1) is 0 Å². The van der Waals surface area contributed by atoms with Crippen LogP contribution in [0.4, 0.5) is 0 Å². The fourth-order valence-corrected chi connectivity index (χ4v) is 2.28. The second kappa shape index (κ2) is 10.3. The van der Waals surface area contributed by atoms with Gasteiger partial charge >= 0.3 is 5.97 Å². The van der Waals surface area contributed by atoms with Crippen LogP contribution >= 0.6 is 0 Å². The lowest BCUT2D eigenvalue weighted by Crippen LogP contribution is -2.37. The van der Waals surface area contributed by atoms with Crippen LogP contribution in [0.2, 0.25) is 0 Å². The van der Waals surface area contributed by atoms with Crippen LogP contribution in [0, 0.1) is 6.92 Å². The monoisotopic (exact) mass is 363 g/mol. The zero-order valence-electron chi connectivity index (χ0n) is 15.3. The molecule has 8 heteroatoms. The first-order valence-corrected chi connectivity index (χ1v) is 8.36. The molecule has 0 radical (unpaired) electrons. The Morgan fingerprint density at radius 2 is 2.15 bits per heavy atom. The van der Waals surface area contributed by atoms with Gasteiger partial charge in [-0.25, -0.2) is 4.79 Å². The molecule has 0 saturated carbocycles. The van der Waals surface area contributed by atoms with E-state index in [1.165, 1.54) is 7.11 Å². The van der Waals surface area contributed by atoms with E-state index in [1.54, 1.807) is 26.3 Å². The number of carbonyl (C=O) groups is 1. The summed E-state index contributed by atoms with van der Waals surface area (Å²) in [7, 11) is 3.03. The first kappa shape index (κ1) is 19.6. The summed E-state index contributed by atoms with van der Waals surface area (Å²) in [6, 6.07) is 5.39. The number of nitrogens with zero attached hydrogens (tertiary/aromatic N) is 1. The van der Waals surface area contributed by atoms with E-state index in [2.05, 4.69) is 15.6 Å². The average Bonchev–Trinajstić information content (AvgIpc) is 3.29. The Hall–Kier alpha value is -2.74. The van der Waals surface area contributed by atoms with Gasteiger partial charge in [0.1, 0.15) is 29.5 Å². The maximum Gasteiger partial charge on any atom is 0.341 e. The van der Waals surface area contributed by atoms with Crippen molar-refractivity contribution in [3.63, 3.8) is 0 Å². The topological polar surface area (TPSA) is 98.2 Å². The Kier molecular flexibility index (Phi) is 7.75. The van der Waals surface area contributed by atoms with Gasteiger partial charge in [-0.05, 0) is 31.5 Å². The van der Waals surface area contributed by atoms with Crippen LogP contribution in [-0.2, 0) is 22.6 Å². The number of carbonyl (C=O) groups excluding carboxylic acids is 1. The van der Waals surface area contributed by atoms with Crippen molar-refractivity contribution >= 4 is 11.9 Å². The van der Waals surface area contributed by atoms with Gasteiger partial charge in [0.15, 0.2) is 5.96 Å². The van der Waals surface area contributed by atoms with Gasteiger partial charge in [0.25, 0.3) is 0 Å². The van der Waals surface area contributed by atoms with E-state index in [1.807, 2.05) is 12.1 Å². The minimum absolute atomic E-state index is 0.408. The molecule has 0 unspecified atom stereocenters. The molecule has 0 atom stereocenters. The average molecular weight is 363 g/mol. The van der Waals surface area contributed by atoms with Crippen LogP contribution in [0.5, 0.6) is 0 Å². The van der Waals surface area contributed by atoms with Crippen molar-refractivity contribution < 1.29 is 23.1 Å². The second-order valence-corrected chi connectivity index (χ2v) is 5.51. The van der Waals surface area contributed by atoms with Gasteiger partial charge in [-0.1, -0.05) is 0 Å². The Balaban J connectivity index is 1.65. The van der Waals surface area contributed by atoms with E-state index in [-0.39, 0.29) is 0 Å². The molecule has 26 heavy (non-hydrogen) atoms. The SMILES string of the molecule is CN=C(NCCCOCc1ccco1)NCc1cc(C(=O)OC)c(C)o1. The molecule has 0 fully saturated rings. The normalized spacial score (nSPS) is 11.4. The fraction of sp³-hybridized carbons (Fsp3) is 0.444. The van der Waals surface area contributed by atoms with Crippen molar-refractivity contribution in [3.8, 4) is 0 Å². The van der Waals surface area contributed by atoms with Crippen molar-refractivity contribution in [2.75, 3.05) is 27.3 Å². The molecule has 0 aliphatic heterocycles. The summed E-state index contributed by atoms with van der Waals surface area (Å²) in [5.74, 6) is 2.22. The van der Waals surface area contributed by atoms with Crippen molar-refractivity contribution in [2.45, 2.75) is 26.5 Å². The quantitative estimate of drug-likeness (QED) is 0.305. The number of guanidine groups is 1. The molecular formula is C18H25N3O5. The zero-order valence-corrected chi connectivity index (χ0v) is 15.3. The van der Waals surface area contributed by atoms with E-state index in [4.69, 9.17) is 18.3 Å². The first-order chi connectivity index (χ1) is 12.6. The highest BCUT2D eigenvalue weighted by atomic mass is 16.5. The number of nitrogens with one attached hydrogen (secondary N) is 2.